The number of hydrogen-bond donors (Lipinski definition) is 1. The number of amides is 1. The lowest BCUT2D eigenvalue weighted by Gasteiger charge is -2.11. The maximum Gasteiger partial charge on any atom is 0.252 e. The smallest absolute Gasteiger partial charge is 0.252 e. The summed E-state index contributed by atoms with van der Waals surface area (Å²) in [7, 11) is 3.04. The van der Waals surface area contributed by atoms with Crippen molar-refractivity contribution in [2.45, 2.75) is 19.4 Å². The highest BCUT2D eigenvalue weighted by atomic mass is 35.5. The molecule has 1 aromatic carbocycles. The number of carbonyl (C=O) groups excluding carboxylic acids is 1. The zero-order chi connectivity index (χ0) is 14.2. The molecule has 1 heterocycles. The predicted octanol–water partition coefficient (Wildman–Crippen LogP) is 2.01. The van der Waals surface area contributed by atoms with E-state index in [-0.39, 0.29) is 5.91 Å². The van der Waals surface area contributed by atoms with Crippen LogP contribution in [-0.4, -0.2) is 31.5 Å². The highest BCUT2D eigenvalue weighted by Gasteiger charge is 2.34. The molecule has 1 aliphatic rings. The Kier molecular flexibility index (Phi) is 3.41. The van der Waals surface area contributed by atoms with E-state index in [2.05, 4.69) is 10.3 Å². The fourth-order valence-electron chi connectivity index (χ4n) is 1.81. The van der Waals surface area contributed by atoms with Gasteiger partial charge in [-0.25, -0.2) is 0 Å². The third-order valence-electron chi connectivity index (χ3n) is 2.89. The molecule has 0 radical (unpaired) electrons. The van der Waals surface area contributed by atoms with Gasteiger partial charge in [0.1, 0.15) is 11.4 Å². The largest absolute Gasteiger partial charge is 0.493 e. The molecule has 0 saturated heterocycles. The van der Waals surface area contributed by atoms with Crippen LogP contribution in [0.15, 0.2) is 17.1 Å². The van der Waals surface area contributed by atoms with Crippen molar-refractivity contribution in [1.82, 2.24) is 5.32 Å². The first-order chi connectivity index (χ1) is 8.89. The summed E-state index contributed by atoms with van der Waals surface area (Å²) < 4.78 is 10.4. The van der Waals surface area contributed by atoms with Gasteiger partial charge in [-0.05, 0) is 26.0 Å². The van der Waals surface area contributed by atoms with Gasteiger partial charge >= 0.3 is 0 Å². The van der Waals surface area contributed by atoms with Crippen molar-refractivity contribution in [1.29, 1.82) is 0 Å². The predicted molar refractivity (Wildman–Crippen MR) is 73.3 cm³/mol. The molecule has 0 fully saturated rings. The number of ether oxygens (including phenoxy) is 2. The fourth-order valence-corrected chi connectivity index (χ4v) is 2.10. The van der Waals surface area contributed by atoms with Crippen LogP contribution in [0, 0.1) is 0 Å². The topological polar surface area (TPSA) is 59.9 Å². The number of benzene rings is 1. The Labute approximate surface area is 116 Å². The fraction of sp³-hybridized carbons (Fsp3) is 0.385. The van der Waals surface area contributed by atoms with Crippen LogP contribution in [0.1, 0.15) is 19.4 Å². The van der Waals surface area contributed by atoms with E-state index in [1.807, 2.05) is 0 Å². The standard InChI is InChI=1S/C13H15ClN2O3/c1-13(2)12(17)15-11(16-13)7-5-8(14)10(19-4)9(6-7)18-3/h5-6H,1-4H3,(H,15,16,17). The molecule has 1 amide bonds. The molecule has 2 rings (SSSR count). The maximum absolute atomic E-state index is 11.7. The Hall–Kier alpha value is -1.75. The average Bonchev–Trinajstić information content (AvgIpc) is 2.62. The second kappa shape index (κ2) is 4.74. The van der Waals surface area contributed by atoms with Crippen LogP contribution in [0.25, 0.3) is 0 Å². The molecule has 6 heteroatoms. The Bertz CT molecular complexity index is 567. The Morgan fingerprint density at radius 3 is 2.42 bits per heavy atom. The molecule has 19 heavy (non-hydrogen) atoms. The lowest BCUT2D eigenvalue weighted by atomic mass is 10.1. The zero-order valence-corrected chi connectivity index (χ0v) is 12.0. The van der Waals surface area contributed by atoms with E-state index >= 15 is 0 Å². The SMILES string of the molecule is COc1cc(C2=NC(C)(C)C(=O)N2)cc(Cl)c1OC. The number of nitrogens with one attached hydrogen (secondary N) is 1. The lowest BCUT2D eigenvalue weighted by molar-refractivity contribution is -0.122. The summed E-state index contributed by atoms with van der Waals surface area (Å²) in [6, 6.07) is 3.41. The average molecular weight is 283 g/mol. The first-order valence-electron chi connectivity index (χ1n) is 5.72. The number of rotatable bonds is 3. The Morgan fingerprint density at radius 2 is 1.95 bits per heavy atom. The number of hydrogen-bond acceptors (Lipinski definition) is 4. The van der Waals surface area contributed by atoms with E-state index in [1.165, 1.54) is 14.2 Å². The maximum atomic E-state index is 11.7. The number of halogens is 1. The van der Waals surface area contributed by atoms with Crippen molar-refractivity contribution in [2.75, 3.05) is 14.2 Å². The normalized spacial score (nSPS) is 16.9. The van der Waals surface area contributed by atoms with E-state index < -0.39 is 5.54 Å². The molecule has 1 N–H and O–H groups in total. The molecule has 0 unspecified atom stereocenters. The van der Waals surface area contributed by atoms with E-state index in [0.29, 0.717) is 27.9 Å². The van der Waals surface area contributed by atoms with Gasteiger partial charge in [-0.15, -0.1) is 0 Å². The highest BCUT2D eigenvalue weighted by Crippen LogP contribution is 2.36. The van der Waals surface area contributed by atoms with Crippen molar-refractivity contribution in [3.63, 3.8) is 0 Å². The van der Waals surface area contributed by atoms with Crippen LogP contribution in [-0.2, 0) is 4.79 Å². The molecule has 5 nitrogen and oxygen atoms in total. The van der Waals surface area contributed by atoms with Crippen molar-refractivity contribution in [3.05, 3.63) is 22.7 Å². The van der Waals surface area contributed by atoms with Gasteiger partial charge in [-0.2, -0.15) is 0 Å². The first kappa shape index (κ1) is 13.7. The second-order valence-corrected chi connectivity index (χ2v) is 5.07. The van der Waals surface area contributed by atoms with Gasteiger partial charge in [0, 0.05) is 5.56 Å². The van der Waals surface area contributed by atoms with Gasteiger partial charge in [0.25, 0.3) is 5.91 Å². The van der Waals surface area contributed by atoms with Gasteiger partial charge in [-0.1, -0.05) is 11.6 Å². The van der Waals surface area contributed by atoms with Crippen LogP contribution < -0.4 is 14.8 Å². The lowest BCUT2D eigenvalue weighted by Crippen LogP contribution is -2.34. The van der Waals surface area contributed by atoms with Crippen LogP contribution in [0.3, 0.4) is 0 Å². The monoisotopic (exact) mass is 282 g/mol. The van der Waals surface area contributed by atoms with Gasteiger partial charge in [0.05, 0.1) is 19.2 Å². The number of amidine groups is 1. The van der Waals surface area contributed by atoms with E-state index in [4.69, 9.17) is 21.1 Å². The summed E-state index contributed by atoms with van der Waals surface area (Å²) in [5.41, 5.74) is -0.0869. The zero-order valence-electron chi connectivity index (χ0n) is 11.2. The molecular weight excluding hydrogens is 268 g/mol. The van der Waals surface area contributed by atoms with Crippen molar-refractivity contribution >= 4 is 23.3 Å². The first-order valence-corrected chi connectivity index (χ1v) is 6.10. The summed E-state index contributed by atoms with van der Waals surface area (Å²) in [6.45, 7) is 3.50. The summed E-state index contributed by atoms with van der Waals surface area (Å²) in [5.74, 6) is 1.29. The molecule has 0 aromatic heterocycles. The number of methoxy groups -OCH3 is 2. The van der Waals surface area contributed by atoms with Gasteiger partial charge in [0.15, 0.2) is 11.5 Å². The molecule has 1 aromatic rings. The molecule has 0 bridgehead atoms. The summed E-state index contributed by atoms with van der Waals surface area (Å²) in [6.07, 6.45) is 0. The summed E-state index contributed by atoms with van der Waals surface area (Å²) in [5, 5.41) is 3.13. The third kappa shape index (κ3) is 2.38. The van der Waals surface area contributed by atoms with Gasteiger partial charge < -0.3 is 14.8 Å². The van der Waals surface area contributed by atoms with E-state index in [0.717, 1.165) is 0 Å². The van der Waals surface area contributed by atoms with Crippen LogP contribution in [0.2, 0.25) is 5.02 Å². The van der Waals surface area contributed by atoms with Crippen LogP contribution in [0.4, 0.5) is 0 Å². The quantitative estimate of drug-likeness (QED) is 0.922. The molecular formula is C13H15ClN2O3. The number of nitrogens with zero attached hydrogens (tertiary/aromatic N) is 1. The second-order valence-electron chi connectivity index (χ2n) is 4.67. The number of carbonyl (C=O) groups is 1. The highest BCUT2D eigenvalue weighted by molar-refractivity contribution is 6.33. The Balaban J connectivity index is 2.48. The molecule has 0 aliphatic carbocycles. The molecule has 102 valence electrons. The third-order valence-corrected chi connectivity index (χ3v) is 3.17. The van der Waals surface area contributed by atoms with Gasteiger partial charge in [-0.3, -0.25) is 9.79 Å². The minimum absolute atomic E-state index is 0.145. The molecule has 0 spiro atoms. The minimum Gasteiger partial charge on any atom is -0.493 e. The number of aliphatic imine (C=N–C) groups is 1. The summed E-state index contributed by atoms with van der Waals surface area (Å²) in [4.78, 5) is 16.1. The molecule has 0 atom stereocenters. The van der Waals surface area contributed by atoms with Crippen molar-refractivity contribution in [2.24, 2.45) is 4.99 Å². The molecule has 0 saturated carbocycles. The van der Waals surface area contributed by atoms with Crippen molar-refractivity contribution in [3.8, 4) is 11.5 Å². The minimum atomic E-state index is -0.769. The van der Waals surface area contributed by atoms with Crippen LogP contribution >= 0.6 is 11.6 Å². The molecule has 1 aliphatic heterocycles. The van der Waals surface area contributed by atoms with Gasteiger partial charge in [0.2, 0.25) is 0 Å². The van der Waals surface area contributed by atoms with E-state index in [9.17, 15) is 4.79 Å². The van der Waals surface area contributed by atoms with E-state index in [1.54, 1.807) is 26.0 Å². The van der Waals surface area contributed by atoms with Crippen molar-refractivity contribution < 1.29 is 14.3 Å². The summed E-state index contributed by atoms with van der Waals surface area (Å²) >= 11 is 6.13. The van der Waals surface area contributed by atoms with Crippen LogP contribution in [0.5, 0.6) is 11.5 Å². The Morgan fingerprint density at radius 1 is 1.26 bits per heavy atom.